The number of benzene rings is 10. The van der Waals surface area contributed by atoms with Gasteiger partial charge in [0, 0.05) is 89.6 Å². The zero-order valence-electron chi connectivity index (χ0n) is 54.4. The first-order chi connectivity index (χ1) is 42.3. The van der Waals surface area contributed by atoms with Gasteiger partial charge in [0.15, 0.2) is 0 Å². The first kappa shape index (κ1) is 54.4. The zero-order valence-corrected chi connectivity index (χ0v) is 54.4. The van der Waals surface area contributed by atoms with E-state index in [9.17, 15) is 0 Å². The maximum atomic E-state index is 7.39. The van der Waals surface area contributed by atoms with Crippen molar-refractivity contribution in [2.45, 2.75) is 149 Å². The van der Waals surface area contributed by atoms with Crippen molar-refractivity contribution in [1.82, 2.24) is 4.57 Å². The van der Waals surface area contributed by atoms with E-state index in [1.54, 1.807) is 0 Å². The SMILES string of the molecule is CC(C)(C)c1ccc(N2B3c4cc5oc6ccccc6c5cc4-n4c5cc6c(cc5c5c7c(c(c3c54)-c3cc4c(cc32)oc2cc(N(c3ccc(C(C)(C)C)cc3)c3ccc(C(C)(C)C)cc3)ccc24)-c2ccccc2C7(C)C)C(C)(C)CCC6(C)C)cc1. The van der Waals surface area contributed by atoms with Crippen molar-refractivity contribution in [2.24, 2.45) is 0 Å². The van der Waals surface area contributed by atoms with Crippen molar-refractivity contribution in [3.63, 3.8) is 0 Å². The molecule has 0 atom stereocenters. The second-order valence-corrected chi connectivity index (χ2v) is 31.6. The topological polar surface area (TPSA) is 37.7 Å². The molecular weight excluding hydrogens is 1080 g/mol. The summed E-state index contributed by atoms with van der Waals surface area (Å²) in [7, 11) is 0. The lowest BCUT2D eigenvalue weighted by Crippen LogP contribution is -2.60. The summed E-state index contributed by atoms with van der Waals surface area (Å²) in [5.41, 5.74) is 29.9. The van der Waals surface area contributed by atoms with Crippen LogP contribution in [0.4, 0.5) is 28.4 Å². The molecule has 13 aromatic rings. The first-order valence-corrected chi connectivity index (χ1v) is 32.5. The van der Waals surface area contributed by atoms with E-state index in [1.807, 2.05) is 0 Å². The largest absolute Gasteiger partial charge is 0.456 e. The van der Waals surface area contributed by atoms with Gasteiger partial charge in [-0.1, -0.05) is 183 Å². The number of para-hydroxylation sites is 1. The molecule has 0 bridgehead atoms. The van der Waals surface area contributed by atoms with Gasteiger partial charge in [0.1, 0.15) is 22.3 Å². The Bertz CT molecular complexity index is 5160. The highest BCUT2D eigenvalue weighted by Gasteiger charge is 2.51. The fourth-order valence-electron chi connectivity index (χ4n) is 16.6. The van der Waals surface area contributed by atoms with Crippen LogP contribution in [-0.4, -0.2) is 11.4 Å². The predicted octanol–water partition coefficient (Wildman–Crippen LogP) is 21.8. The molecule has 0 saturated carbocycles. The van der Waals surface area contributed by atoms with E-state index < -0.39 is 0 Å². The van der Waals surface area contributed by atoms with Crippen molar-refractivity contribution in [3.05, 3.63) is 215 Å². The Hall–Kier alpha value is -8.74. The molecule has 0 fully saturated rings. The van der Waals surface area contributed by atoms with Crippen LogP contribution in [0.2, 0.25) is 0 Å². The lowest BCUT2D eigenvalue weighted by atomic mass is 9.43. The van der Waals surface area contributed by atoms with Crippen LogP contribution in [0, 0.1) is 0 Å². The molecule has 2 aliphatic carbocycles. The molecule has 10 aromatic carbocycles. The van der Waals surface area contributed by atoms with Crippen LogP contribution >= 0.6 is 0 Å². The Morgan fingerprint density at radius 3 is 1.63 bits per heavy atom. The summed E-state index contributed by atoms with van der Waals surface area (Å²) in [4.78, 5) is 5.06. The maximum absolute atomic E-state index is 7.39. The average molecular weight is 1160 g/mol. The van der Waals surface area contributed by atoms with E-state index in [0.717, 1.165) is 85.2 Å². The number of furan rings is 2. The Kier molecular flexibility index (Phi) is 10.9. The maximum Gasteiger partial charge on any atom is 0.333 e. The molecule has 5 heterocycles. The summed E-state index contributed by atoms with van der Waals surface area (Å²) in [5.74, 6) is 0. The standard InChI is InChI=1S/C83H78BN3O2/c1-78(2,3)47-24-30-50(31-25-47)85(51-32-26-48(27-33-51)79(4,5)6)53-36-37-55-57-41-59-66(46-71(57)89-69(55)40-53)87(52-34-28-49(29-35-52)80(7,8)9)84-64-45-70-58(54-20-17-19-23-68(54)88-70)43-67(64)86-65-44-63-62(81(10,11)38-39-82(63,12)13)42-60(65)74-75-72(73(59)76(84)77(74)86)56-21-16-18-22-61(56)83(75,14)15/h16-37,40-46H,38-39H2,1-15H3. The summed E-state index contributed by atoms with van der Waals surface area (Å²) in [5, 5.41) is 7.19. The molecule has 0 N–H and O–H groups in total. The van der Waals surface area contributed by atoms with Gasteiger partial charge in [0.2, 0.25) is 0 Å². The molecule has 2 aliphatic heterocycles. The third-order valence-corrected chi connectivity index (χ3v) is 21.7. The van der Waals surface area contributed by atoms with Gasteiger partial charge in [-0.2, -0.15) is 0 Å². The van der Waals surface area contributed by atoms with Crippen molar-refractivity contribution < 1.29 is 8.83 Å². The molecule has 4 aliphatic rings. The molecule has 0 saturated heterocycles. The fourth-order valence-corrected chi connectivity index (χ4v) is 16.6. The van der Waals surface area contributed by atoms with Crippen LogP contribution in [0.1, 0.15) is 156 Å². The fraction of sp³-hybridized carbons (Fsp3) is 0.277. The summed E-state index contributed by atoms with van der Waals surface area (Å²) in [6.45, 7) is 35.3. The van der Waals surface area contributed by atoms with Crippen molar-refractivity contribution in [3.8, 4) is 27.9 Å². The van der Waals surface area contributed by atoms with Crippen molar-refractivity contribution in [2.75, 3.05) is 9.71 Å². The molecule has 0 spiro atoms. The van der Waals surface area contributed by atoms with E-state index in [2.05, 4.69) is 294 Å². The number of fused-ring (bicyclic) bond motifs is 20. The second-order valence-electron chi connectivity index (χ2n) is 31.6. The molecule has 0 unspecified atom stereocenters. The van der Waals surface area contributed by atoms with Crippen LogP contribution in [0.15, 0.2) is 185 Å². The molecule has 5 nitrogen and oxygen atoms in total. The summed E-state index contributed by atoms with van der Waals surface area (Å²) in [6.07, 6.45) is 2.28. The Balaban J connectivity index is 1.00. The Morgan fingerprint density at radius 1 is 0.438 bits per heavy atom. The van der Waals surface area contributed by atoms with Crippen LogP contribution in [0.5, 0.6) is 0 Å². The van der Waals surface area contributed by atoms with Gasteiger partial charge in [-0.05, 0) is 191 Å². The van der Waals surface area contributed by atoms with Gasteiger partial charge in [-0.15, -0.1) is 0 Å². The lowest BCUT2D eigenvalue weighted by Gasteiger charge is -2.43. The van der Waals surface area contributed by atoms with Crippen LogP contribution < -0.4 is 20.6 Å². The van der Waals surface area contributed by atoms with E-state index in [0.29, 0.717) is 0 Å². The Labute approximate surface area is 524 Å². The van der Waals surface area contributed by atoms with E-state index in [1.165, 1.54) is 99.6 Å². The predicted molar refractivity (Wildman–Crippen MR) is 378 cm³/mol. The molecule has 0 radical (unpaired) electrons. The number of hydrogen-bond acceptors (Lipinski definition) is 4. The number of nitrogens with zero attached hydrogens (tertiary/aromatic N) is 3. The minimum Gasteiger partial charge on any atom is -0.456 e. The third-order valence-electron chi connectivity index (χ3n) is 21.7. The molecule has 0 amide bonds. The van der Waals surface area contributed by atoms with E-state index >= 15 is 0 Å². The lowest BCUT2D eigenvalue weighted by molar-refractivity contribution is 0.332. The van der Waals surface area contributed by atoms with Crippen LogP contribution in [0.3, 0.4) is 0 Å². The monoisotopic (exact) mass is 1160 g/mol. The highest BCUT2D eigenvalue weighted by Crippen LogP contribution is 2.61. The first-order valence-electron chi connectivity index (χ1n) is 32.5. The van der Waals surface area contributed by atoms with Gasteiger partial charge >= 0.3 is 6.85 Å². The highest BCUT2D eigenvalue weighted by molar-refractivity contribution is 6.94. The Morgan fingerprint density at radius 2 is 0.978 bits per heavy atom. The van der Waals surface area contributed by atoms with Gasteiger partial charge in [0.05, 0.1) is 11.0 Å². The summed E-state index contributed by atoms with van der Waals surface area (Å²) >= 11 is 0. The smallest absolute Gasteiger partial charge is 0.333 e. The van der Waals surface area contributed by atoms with Gasteiger partial charge in [-0.3, -0.25) is 0 Å². The molecular formula is C83H78BN3O2. The average Bonchev–Trinajstić information content (AvgIpc) is 1.54. The number of rotatable bonds is 4. The number of anilines is 5. The van der Waals surface area contributed by atoms with Gasteiger partial charge in [-0.25, -0.2) is 0 Å². The van der Waals surface area contributed by atoms with E-state index in [-0.39, 0.29) is 39.3 Å². The van der Waals surface area contributed by atoms with Crippen molar-refractivity contribution >= 4 is 112 Å². The highest BCUT2D eigenvalue weighted by atomic mass is 16.3. The molecule has 440 valence electrons. The summed E-state index contributed by atoms with van der Waals surface area (Å²) < 4.78 is 17.1. The minimum atomic E-state index is -0.333. The molecule has 17 rings (SSSR count). The van der Waals surface area contributed by atoms with Crippen molar-refractivity contribution in [1.29, 1.82) is 0 Å². The zero-order chi connectivity index (χ0) is 61.5. The third kappa shape index (κ3) is 7.62. The normalized spacial score (nSPS) is 16.2. The molecule has 3 aromatic heterocycles. The second kappa shape index (κ2) is 17.8. The number of aromatic nitrogens is 1. The van der Waals surface area contributed by atoms with Crippen LogP contribution in [0.25, 0.3) is 93.6 Å². The number of hydrogen-bond donors (Lipinski definition) is 0. The van der Waals surface area contributed by atoms with Gasteiger partial charge < -0.3 is 23.1 Å². The molecule has 6 heteroatoms. The van der Waals surface area contributed by atoms with E-state index in [4.69, 9.17) is 8.83 Å². The molecule has 89 heavy (non-hydrogen) atoms. The quantitative estimate of drug-likeness (QED) is 0.165. The van der Waals surface area contributed by atoms with Gasteiger partial charge in [0.25, 0.3) is 0 Å². The minimum absolute atomic E-state index is 0.000441. The van der Waals surface area contributed by atoms with Crippen LogP contribution in [-0.2, 0) is 32.5 Å². The summed E-state index contributed by atoms with van der Waals surface area (Å²) in [6, 6.07) is 67.7.